The van der Waals surface area contributed by atoms with Gasteiger partial charge in [-0.05, 0) is 32.1 Å². The molecule has 0 atom stereocenters. The van der Waals surface area contributed by atoms with Crippen LogP contribution in [0.1, 0.15) is 52.9 Å². The van der Waals surface area contributed by atoms with Gasteiger partial charge < -0.3 is 10.6 Å². The molecular formula is C13H24N2OS. The molecular weight excluding hydrogens is 232 g/mol. The Morgan fingerprint density at radius 2 is 1.88 bits per heavy atom. The van der Waals surface area contributed by atoms with E-state index < -0.39 is 5.41 Å². The lowest BCUT2D eigenvalue weighted by Gasteiger charge is -2.35. The smallest absolute Gasteiger partial charge is 0.235 e. The van der Waals surface area contributed by atoms with E-state index >= 15 is 0 Å². The summed E-state index contributed by atoms with van der Waals surface area (Å²) in [5.74, 6) is 0.152. The SMILES string of the molecule is CCCN(C(=O)C(CC)(CC)C(N)=S)C1CC1. The molecule has 0 unspecified atom stereocenters. The van der Waals surface area contributed by atoms with Gasteiger partial charge in [0.2, 0.25) is 5.91 Å². The normalized spacial score (nSPS) is 15.7. The van der Waals surface area contributed by atoms with Gasteiger partial charge in [-0.3, -0.25) is 4.79 Å². The van der Waals surface area contributed by atoms with E-state index in [1.165, 1.54) is 0 Å². The highest BCUT2D eigenvalue weighted by Gasteiger charge is 2.44. The summed E-state index contributed by atoms with van der Waals surface area (Å²) < 4.78 is 0. The van der Waals surface area contributed by atoms with Crippen molar-refractivity contribution in [3.8, 4) is 0 Å². The monoisotopic (exact) mass is 256 g/mol. The summed E-state index contributed by atoms with van der Waals surface area (Å²) >= 11 is 5.14. The fourth-order valence-electron chi connectivity index (χ4n) is 2.36. The number of rotatable bonds is 7. The Bertz CT molecular complexity index is 296. The second kappa shape index (κ2) is 5.80. The van der Waals surface area contributed by atoms with E-state index in [-0.39, 0.29) is 5.91 Å². The molecule has 17 heavy (non-hydrogen) atoms. The van der Waals surface area contributed by atoms with Crippen LogP contribution in [0.4, 0.5) is 0 Å². The average Bonchev–Trinajstić information content (AvgIpc) is 3.11. The first-order chi connectivity index (χ1) is 8.03. The van der Waals surface area contributed by atoms with Crippen molar-refractivity contribution in [3.63, 3.8) is 0 Å². The second-order valence-corrected chi connectivity index (χ2v) is 5.32. The van der Waals surface area contributed by atoms with Gasteiger partial charge in [0.15, 0.2) is 0 Å². The molecule has 1 aliphatic rings. The number of carbonyl (C=O) groups excluding carboxylic acids is 1. The van der Waals surface area contributed by atoms with Crippen molar-refractivity contribution in [2.45, 2.75) is 58.9 Å². The standard InChI is InChI=1S/C13H24N2OS/c1-4-9-15(10-7-8-10)12(16)13(5-2,6-3)11(14)17/h10H,4-9H2,1-3H3,(H2,14,17). The molecule has 0 saturated heterocycles. The van der Waals surface area contributed by atoms with Gasteiger partial charge in [-0.15, -0.1) is 0 Å². The number of carbonyl (C=O) groups is 1. The third-order valence-electron chi connectivity index (χ3n) is 3.80. The molecule has 1 aliphatic carbocycles. The van der Waals surface area contributed by atoms with Crippen molar-refractivity contribution in [2.75, 3.05) is 6.54 Å². The maximum Gasteiger partial charge on any atom is 0.235 e. The molecule has 0 aromatic rings. The molecule has 2 N–H and O–H groups in total. The van der Waals surface area contributed by atoms with E-state index in [4.69, 9.17) is 18.0 Å². The quantitative estimate of drug-likeness (QED) is 0.712. The number of nitrogens with zero attached hydrogens (tertiary/aromatic N) is 1. The van der Waals surface area contributed by atoms with Crippen molar-refractivity contribution in [2.24, 2.45) is 11.1 Å². The third kappa shape index (κ3) is 2.79. The lowest BCUT2D eigenvalue weighted by molar-refractivity contribution is -0.139. The molecule has 4 heteroatoms. The summed E-state index contributed by atoms with van der Waals surface area (Å²) in [6.07, 6.45) is 4.65. The number of thiocarbonyl (C=S) groups is 1. The van der Waals surface area contributed by atoms with Crippen LogP contribution in [0.2, 0.25) is 0 Å². The zero-order chi connectivity index (χ0) is 13.1. The van der Waals surface area contributed by atoms with Gasteiger partial charge in [-0.25, -0.2) is 0 Å². The molecule has 0 aromatic heterocycles. The Labute approximate surface area is 110 Å². The van der Waals surface area contributed by atoms with Crippen LogP contribution in [0.3, 0.4) is 0 Å². The van der Waals surface area contributed by atoms with E-state index in [1.54, 1.807) is 0 Å². The number of hydrogen-bond donors (Lipinski definition) is 1. The zero-order valence-corrected chi connectivity index (χ0v) is 12.0. The highest BCUT2D eigenvalue weighted by Crippen LogP contribution is 2.35. The minimum absolute atomic E-state index is 0.152. The Morgan fingerprint density at radius 3 is 2.18 bits per heavy atom. The molecule has 98 valence electrons. The number of hydrogen-bond acceptors (Lipinski definition) is 2. The predicted octanol–water partition coefficient (Wildman–Crippen LogP) is 2.48. The van der Waals surface area contributed by atoms with Crippen LogP contribution in [0, 0.1) is 5.41 Å². The van der Waals surface area contributed by atoms with E-state index in [1.807, 2.05) is 18.7 Å². The lowest BCUT2D eigenvalue weighted by Crippen LogP contribution is -2.51. The first-order valence-electron chi connectivity index (χ1n) is 6.64. The topological polar surface area (TPSA) is 46.3 Å². The van der Waals surface area contributed by atoms with Crippen molar-refractivity contribution < 1.29 is 4.79 Å². The minimum Gasteiger partial charge on any atom is -0.392 e. The summed E-state index contributed by atoms with van der Waals surface area (Å²) in [5.41, 5.74) is 5.21. The summed E-state index contributed by atoms with van der Waals surface area (Å²) in [7, 11) is 0. The highest BCUT2D eigenvalue weighted by molar-refractivity contribution is 7.80. The van der Waals surface area contributed by atoms with Gasteiger partial charge in [0.25, 0.3) is 0 Å². The Morgan fingerprint density at radius 1 is 1.35 bits per heavy atom. The van der Waals surface area contributed by atoms with Gasteiger partial charge in [0.1, 0.15) is 0 Å². The Kier molecular flexibility index (Phi) is 4.92. The van der Waals surface area contributed by atoms with Crippen molar-refractivity contribution >= 4 is 23.1 Å². The summed E-state index contributed by atoms with van der Waals surface area (Å²) in [6.45, 7) is 6.92. The summed E-state index contributed by atoms with van der Waals surface area (Å²) in [4.78, 5) is 15.1. The maximum atomic E-state index is 12.7. The summed E-state index contributed by atoms with van der Waals surface area (Å²) in [6, 6.07) is 0.439. The van der Waals surface area contributed by atoms with Gasteiger partial charge in [-0.1, -0.05) is 33.0 Å². The molecule has 1 rings (SSSR count). The lowest BCUT2D eigenvalue weighted by atomic mass is 9.80. The fourth-order valence-corrected chi connectivity index (χ4v) is 2.73. The first kappa shape index (κ1) is 14.4. The third-order valence-corrected chi connectivity index (χ3v) is 4.19. The van der Waals surface area contributed by atoms with Crippen molar-refractivity contribution in [1.82, 2.24) is 4.90 Å². The fraction of sp³-hybridized carbons (Fsp3) is 0.846. The Balaban J connectivity index is 2.92. The molecule has 0 radical (unpaired) electrons. The maximum absolute atomic E-state index is 12.7. The van der Waals surface area contributed by atoms with Gasteiger partial charge >= 0.3 is 0 Å². The van der Waals surface area contributed by atoms with E-state index in [0.717, 1.165) is 25.8 Å². The first-order valence-corrected chi connectivity index (χ1v) is 7.05. The van der Waals surface area contributed by atoms with Crippen LogP contribution in [0.5, 0.6) is 0 Å². The highest BCUT2D eigenvalue weighted by atomic mass is 32.1. The molecule has 1 saturated carbocycles. The molecule has 0 spiro atoms. The zero-order valence-electron chi connectivity index (χ0n) is 11.2. The molecule has 0 aliphatic heterocycles. The number of amides is 1. The van der Waals surface area contributed by atoms with Gasteiger partial charge in [-0.2, -0.15) is 0 Å². The summed E-state index contributed by atoms with van der Waals surface area (Å²) in [5, 5.41) is 0. The molecule has 1 fully saturated rings. The van der Waals surface area contributed by atoms with E-state index in [0.29, 0.717) is 23.9 Å². The molecule has 0 heterocycles. The van der Waals surface area contributed by atoms with Crippen LogP contribution < -0.4 is 5.73 Å². The minimum atomic E-state index is -0.618. The second-order valence-electron chi connectivity index (χ2n) is 4.88. The van der Waals surface area contributed by atoms with Crippen LogP contribution in [-0.4, -0.2) is 28.4 Å². The van der Waals surface area contributed by atoms with E-state index in [2.05, 4.69) is 6.92 Å². The molecule has 0 aromatic carbocycles. The van der Waals surface area contributed by atoms with Gasteiger partial charge in [0.05, 0.1) is 10.4 Å². The predicted molar refractivity (Wildman–Crippen MR) is 74.8 cm³/mol. The van der Waals surface area contributed by atoms with Crippen LogP contribution in [0.25, 0.3) is 0 Å². The van der Waals surface area contributed by atoms with Crippen molar-refractivity contribution in [3.05, 3.63) is 0 Å². The molecule has 0 bridgehead atoms. The van der Waals surface area contributed by atoms with Crippen LogP contribution in [0.15, 0.2) is 0 Å². The van der Waals surface area contributed by atoms with Crippen LogP contribution in [-0.2, 0) is 4.79 Å². The molecule has 1 amide bonds. The van der Waals surface area contributed by atoms with Crippen LogP contribution >= 0.6 is 12.2 Å². The number of nitrogens with two attached hydrogens (primary N) is 1. The molecule has 3 nitrogen and oxygen atoms in total. The average molecular weight is 256 g/mol. The largest absolute Gasteiger partial charge is 0.392 e. The van der Waals surface area contributed by atoms with E-state index in [9.17, 15) is 4.79 Å². The Hall–Kier alpha value is -0.640. The van der Waals surface area contributed by atoms with Gasteiger partial charge in [0, 0.05) is 12.6 Å². The van der Waals surface area contributed by atoms with Crippen molar-refractivity contribution in [1.29, 1.82) is 0 Å².